The summed E-state index contributed by atoms with van der Waals surface area (Å²) in [6.45, 7) is 38.8. The topological polar surface area (TPSA) is 111 Å². The molecule has 0 amide bonds. The monoisotopic (exact) mass is 967 g/mol. The molecule has 13 heteroatoms. The number of epoxide rings is 1. The van der Waals surface area contributed by atoms with Crippen LogP contribution in [0, 0.1) is 11.8 Å². The van der Waals surface area contributed by atoms with E-state index in [9.17, 15) is 9.59 Å². The highest BCUT2D eigenvalue weighted by molar-refractivity contribution is 6.74. The number of rotatable bonds is 28. The molecule has 11 atom stereocenters. The normalized spacial score (nSPS) is 28.1. The SMILES string of the molecule is CCO[C@@H](C)O[C@]1(C)CC[C@@H](O[Si](CC)(CC)CC)CC(=O)O[C@H](/C(C)=C/C=C/[C@@](C)(C[C@H]2O[C@@H]2[C@H](C)[C@H](CC)O[Si](CC)(CC)CC)O[Si](CC)(CC)CC)[C@@H](C)/C=C/[C@@H]1OC(C)=O. The molecule has 1 fully saturated rings. The summed E-state index contributed by atoms with van der Waals surface area (Å²) in [5.74, 6) is -0.667. The van der Waals surface area contributed by atoms with Gasteiger partial charge >= 0.3 is 11.9 Å². The molecule has 0 N–H and O–H groups in total. The minimum atomic E-state index is -2.13. The summed E-state index contributed by atoms with van der Waals surface area (Å²) < 4.78 is 53.0. The maximum absolute atomic E-state index is 14.1. The standard InChI is InChI=1S/C52H98O10Si3/c1-19-45(61-64(24-6,25-7)26-8)41(14)50-46(57-50)38-51(17,62-65(27-9,28-10)29-11)35-30-31-39(12)49-40(13)32-33-47(56-42(15)53)52(18,59-43(16)55-20-2)36-34-44(37-48(54)58-49)60-63(21-3,22-4)23-5/h30-33,35,40-41,43-47,49-50H,19-29,34,36-38H2,1-18H3/b33-32+,35-30+,39-31+/t40-,41+,43+,44+,45-,46+,47-,49+,50+,51-,52+/m0/s1. The molecule has 0 spiro atoms. The Kier molecular flexibility index (Phi) is 25.4. The van der Waals surface area contributed by atoms with Gasteiger partial charge < -0.3 is 37.0 Å². The average molecular weight is 968 g/mol. The van der Waals surface area contributed by atoms with E-state index in [0.717, 1.165) is 72.8 Å². The van der Waals surface area contributed by atoms with E-state index >= 15 is 0 Å². The van der Waals surface area contributed by atoms with Crippen molar-refractivity contribution in [2.75, 3.05) is 6.61 Å². The number of esters is 2. The van der Waals surface area contributed by atoms with Crippen molar-refractivity contribution in [1.29, 1.82) is 0 Å². The molecule has 0 aromatic carbocycles. The van der Waals surface area contributed by atoms with Gasteiger partial charge in [-0.2, -0.15) is 0 Å². The van der Waals surface area contributed by atoms with E-state index in [1.54, 1.807) is 0 Å². The molecule has 0 aromatic rings. The number of carbonyl (C=O) groups excluding carboxylic acids is 2. The van der Waals surface area contributed by atoms with E-state index < -0.39 is 60.6 Å². The number of hydrogen-bond acceptors (Lipinski definition) is 10. The molecular formula is C52H98O10Si3. The quantitative estimate of drug-likeness (QED) is 0.0188. The zero-order valence-electron chi connectivity index (χ0n) is 44.8. The van der Waals surface area contributed by atoms with Gasteiger partial charge in [0.15, 0.2) is 31.2 Å². The van der Waals surface area contributed by atoms with Crippen LogP contribution in [0.5, 0.6) is 0 Å². The van der Waals surface area contributed by atoms with Crippen LogP contribution in [0.2, 0.25) is 54.4 Å². The van der Waals surface area contributed by atoms with Crippen molar-refractivity contribution in [2.24, 2.45) is 11.8 Å². The van der Waals surface area contributed by atoms with Gasteiger partial charge in [-0.05, 0) is 120 Å². The lowest BCUT2D eigenvalue weighted by Gasteiger charge is -2.40. The summed E-state index contributed by atoms with van der Waals surface area (Å²) in [6, 6.07) is 9.40. The van der Waals surface area contributed by atoms with Crippen LogP contribution >= 0.6 is 0 Å². The molecule has 1 saturated heterocycles. The molecule has 0 unspecified atom stereocenters. The van der Waals surface area contributed by atoms with Crippen molar-refractivity contribution >= 4 is 36.9 Å². The first-order chi connectivity index (χ1) is 30.6. The summed E-state index contributed by atoms with van der Waals surface area (Å²) in [6.07, 6.45) is 11.3. The molecule has 2 heterocycles. The predicted molar refractivity (Wildman–Crippen MR) is 275 cm³/mol. The van der Waals surface area contributed by atoms with E-state index in [1.165, 1.54) is 6.92 Å². The number of ether oxygens (including phenoxy) is 5. The van der Waals surface area contributed by atoms with E-state index in [1.807, 2.05) is 46.8 Å². The average Bonchev–Trinajstić information content (AvgIpc) is 4.05. The Bertz CT molecular complexity index is 1480. The number of cyclic esters (lactones) is 1. The van der Waals surface area contributed by atoms with Crippen molar-refractivity contribution in [1.82, 2.24) is 0 Å². The van der Waals surface area contributed by atoms with Gasteiger partial charge in [-0.1, -0.05) is 107 Å². The smallest absolute Gasteiger partial charge is 0.308 e. The largest absolute Gasteiger partial charge is 0.457 e. The molecule has 10 nitrogen and oxygen atoms in total. The lowest BCUT2D eigenvalue weighted by Crippen LogP contribution is -2.48. The molecule has 2 aliphatic rings. The first-order valence-corrected chi connectivity index (χ1v) is 33.6. The molecule has 0 saturated carbocycles. The Labute approximate surface area is 401 Å². The van der Waals surface area contributed by atoms with Crippen LogP contribution in [0.25, 0.3) is 0 Å². The lowest BCUT2D eigenvalue weighted by molar-refractivity contribution is -0.227. The van der Waals surface area contributed by atoms with Gasteiger partial charge in [0.1, 0.15) is 17.8 Å². The van der Waals surface area contributed by atoms with Gasteiger partial charge in [-0.3, -0.25) is 9.59 Å². The number of carbonyl (C=O) groups is 2. The minimum Gasteiger partial charge on any atom is -0.457 e. The Morgan fingerprint density at radius 3 is 1.95 bits per heavy atom. The third-order valence-electron chi connectivity index (χ3n) is 15.5. The molecule has 65 heavy (non-hydrogen) atoms. The first-order valence-electron chi connectivity index (χ1n) is 26.1. The third-order valence-corrected chi connectivity index (χ3v) is 29.6. The fourth-order valence-electron chi connectivity index (χ4n) is 10.2. The predicted octanol–water partition coefficient (Wildman–Crippen LogP) is 13.6. The molecule has 378 valence electrons. The second kappa shape index (κ2) is 27.7. The molecule has 0 radical (unpaired) electrons. The first kappa shape index (κ1) is 59.7. The van der Waals surface area contributed by atoms with Crippen LogP contribution in [0.15, 0.2) is 36.0 Å². The zero-order valence-corrected chi connectivity index (χ0v) is 47.8. The second-order valence-electron chi connectivity index (χ2n) is 19.8. The second-order valence-corrected chi connectivity index (χ2v) is 33.9. The van der Waals surface area contributed by atoms with Crippen LogP contribution in [-0.2, 0) is 46.6 Å². The molecular weight excluding hydrogens is 869 g/mol. The number of hydrogen-bond donors (Lipinski definition) is 0. The van der Waals surface area contributed by atoms with Crippen LogP contribution in [0.3, 0.4) is 0 Å². The van der Waals surface area contributed by atoms with Gasteiger partial charge in [0.2, 0.25) is 0 Å². The van der Waals surface area contributed by atoms with Crippen molar-refractivity contribution < 1.29 is 46.6 Å². The Morgan fingerprint density at radius 2 is 1.45 bits per heavy atom. The molecule has 0 bridgehead atoms. The Hall–Kier alpha value is -1.43. The summed E-state index contributed by atoms with van der Waals surface area (Å²) in [5, 5.41) is 0. The summed E-state index contributed by atoms with van der Waals surface area (Å²) in [4.78, 5) is 26.8. The highest BCUT2D eigenvalue weighted by Crippen LogP contribution is 2.43. The molecule has 2 aliphatic heterocycles. The Balaban J connectivity index is 2.62. The maximum Gasteiger partial charge on any atom is 0.308 e. The third kappa shape index (κ3) is 17.5. The maximum atomic E-state index is 14.1. The van der Waals surface area contributed by atoms with Crippen LogP contribution in [0.1, 0.15) is 157 Å². The highest BCUT2D eigenvalue weighted by Gasteiger charge is 2.51. The van der Waals surface area contributed by atoms with Gasteiger partial charge in [-0.15, -0.1) is 0 Å². The summed E-state index contributed by atoms with van der Waals surface area (Å²) in [7, 11) is -5.95. The summed E-state index contributed by atoms with van der Waals surface area (Å²) in [5.41, 5.74) is -0.625. The summed E-state index contributed by atoms with van der Waals surface area (Å²) >= 11 is 0. The number of allylic oxidation sites excluding steroid dienone is 2. The van der Waals surface area contributed by atoms with Crippen molar-refractivity contribution in [3.05, 3.63) is 36.0 Å². The lowest BCUT2D eigenvalue weighted by atomic mass is 9.88. The van der Waals surface area contributed by atoms with Gasteiger partial charge in [0, 0.05) is 37.9 Å². The fraction of sp³-hybridized carbons (Fsp3) is 0.846. The van der Waals surface area contributed by atoms with Crippen LogP contribution in [0.4, 0.5) is 0 Å². The van der Waals surface area contributed by atoms with Crippen LogP contribution in [-0.4, -0.2) is 97.6 Å². The van der Waals surface area contributed by atoms with Crippen LogP contribution < -0.4 is 0 Å². The van der Waals surface area contributed by atoms with E-state index in [2.05, 4.69) is 101 Å². The minimum absolute atomic E-state index is 0.0828. The van der Waals surface area contributed by atoms with E-state index in [-0.39, 0.29) is 42.7 Å². The van der Waals surface area contributed by atoms with Gasteiger partial charge in [0.25, 0.3) is 0 Å². The highest BCUT2D eigenvalue weighted by atomic mass is 28.4. The van der Waals surface area contributed by atoms with E-state index in [4.69, 9.17) is 37.0 Å². The van der Waals surface area contributed by atoms with Crippen molar-refractivity contribution in [3.8, 4) is 0 Å². The van der Waals surface area contributed by atoms with Crippen molar-refractivity contribution in [2.45, 2.75) is 265 Å². The molecule has 0 aliphatic carbocycles. The van der Waals surface area contributed by atoms with Crippen molar-refractivity contribution in [3.63, 3.8) is 0 Å². The van der Waals surface area contributed by atoms with Gasteiger partial charge in [-0.25, -0.2) is 0 Å². The zero-order chi connectivity index (χ0) is 49.2. The molecule has 0 aromatic heterocycles. The fourth-order valence-corrected chi connectivity index (χ4v) is 19.2. The Morgan fingerprint density at radius 1 is 0.877 bits per heavy atom. The van der Waals surface area contributed by atoms with Gasteiger partial charge in [0.05, 0.1) is 30.3 Å². The van der Waals surface area contributed by atoms with E-state index in [0.29, 0.717) is 25.4 Å². The molecule has 2 rings (SSSR count).